The first-order valence-electron chi connectivity index (χ1n) is 8.03. The highest BCUT2D eigenvalue weighted by Crippen LogP contribution is 1.99. The molecule has 0 fully saturated rings. The predicted molar refractivity (Wildman–Crippen MR) is 98.4 cm³/mol. The first kappa shape index (κ1) is 18.9. The van der Waals surface area contributed by atoms with Gasteiger partial charge in [-0.1, -0.05) is 0 Å². The van der Waals surface area contributed by atoms with E-state index in [-0.39, 0.29) is 24.7 Å². The van der Waals surface area contributed by atoms with Crippen LogP contribution in [0.15, 0.2) is 59.3 Å². The zero-order chi connectivity index (χ0) is 18.8. The summed E-state index contributed by atoms with van der Waals surface area (Å²) in [5.41, 5.74) is 7.90. The Balaban J connectivity index is 1.76. The van der Waals surface area contributed by atoms with E-state index in [0.29, 0.717) is 11.4 Å². The molecule has 0 aliphatic rings. The number of carbonyl (C=O) groups excluding carboxylic acids is 2. The van der Waals surface area contributed by atoms with Crippen LogP contribution in [0.2, 0.25) is 0 Å². The molecule has 2 rings (SSSR count). The summed E-state index contributed by atoms with van der Waals surface area (Å²) in [4.78, 5) is 31.4. The van der Waals surface area contributed by atoms with Gasteiger partial charge in [0.2, 0.25) is 11.8 Å². The van der Waals surface area contributed by atoms with Crippen molar-refractivity contribution in [2.24, 2.45) is 10.2 Å². The minimum absolute atomic E-state index is 0.0166. The van der Waals surface area contributed by atoms with Gasteiger partial charge in [0, 0.05) is 48.8 Å². The number of aromatic nitrogens is 2. The monoisotopic (exact) mass is 352 g/mol. The molecular formula is C18H20N6O2. The molecule has 0 aliphatic heterocycles. The van der Waals surface area contributed by atoms with Gasteiger partial charge in [-0.05, 0) is 38.1 Å². The molecule has 2 amide bonds. The van der Waals surface area contributed by atoms with Crippen LogP contribution in [0, 0.1) is 0 Å². The Morgan fingerprint density at radius 1 is 0.769 bits per heavy atom. The number of hydrazone groups is 2. The van der Waals surface area contributed by atoms with Crippen LogP contribution in [0.3, 0.4) is 0 Å². The fraction of sp³-hybridized carbons (Fsp3) is 0.222. The topological polar surface area (TPSA) is 109 Å². The van der Waals surface area contributed by atoms with E-state index in [1.807, 2.05) is 0 Å². The van der Waals surface area contributed by atoms with Gasteiger partial charge in [0.25, 0.3) is 0 Å². The van der Waals surface area contributed by atoms with Gasteiger partial charge in [0.1, 0.15) is 0 Å². The molecule has 2 aromatic heterocycles. The van der Waals surface area contributed by atoms with Crippen molar-refractivity contribution < 1.29 is 9.59 Å². The Morgan fingerprint density at radius 3 is 1.46 bits per heavy atom. The van der Waals surface area contributed by atoms with Gasteiger partial charge >= 0.3 is 0 Å². The second kappa shape index (κ2) is 9.77. The van der Waals surface area contributed by atoms with E-state index in [1.54, 1.807) is 62.9 Å². The molecule has 0 spiro atoms. The van der Waals surface area contributed by atoms with Gasteiger partial charge in [-0.3, -0.25) is 19.6 Å². The minimum atomic E-state index is -0.344. The van der Waals surface area contributed by atoms with Crippen LogP contribution in [-0.4, -0.2) is 33.2 Å². The third-order valence-electron chi connectivity index (χ3n) is 3.47. The Labute approximate surface area is 151 Å². The average molecular weight is 352 g/mol. The zero-order valence-corrected chi connectivity index (χ0v) is 14.6. The maximum atomic E-state index is 11.8. The van der Waals surface area contributed by atoms with Gasteiger partial charge in [0.05, 0.1) is 11.4 Å². The Hall–Kier alpha value is -3.42. The summed E-state index contributed by atoms with van der Waals surface area (Å²) in [5, 5.41) is 8.02. The quantitative estimate of drug-likeness (QED) is 0.583. The van der Waals surface area contributed by atoms with Gasteiger partial charge in [-0.25, -0.2) is 10.9 Å². The van der Waals surface area contributed by atoms with Gasteiger partial charge in [-0.2, -0.15) is 10.2 Å². The molecule has 26 heavy (non-hydrogen) atoms. The van der Waals surface area contributed by atoms with Crippen molar-refractivity contribution in [3.05, 3.63) is 60.2 Å². The first-order valence-corrected chi connectivity index (χ1v) is 8.03. The number of nitrogens with one attached hydrogen (secondary N) is 2. The zero-order valence-electron chi connectivity index (χ0n) is 14.6. The lowest BCUT2D eigenvalue weighted by Crippen LogP contribution is -2.24. The van der Waals surface area contributed by atoms with Crippen molar-refractivity contribution >= 4 is 23.2 Å². The van der Waals surface area contributed by atoms with Crippen molar-refractivity contribution in [3.8, 4) is 0 Å². The molecular weight excluding hydrogens is 332 g/mol. The summed E-state index contributed by atoms with van der Waals surface area (Å²) in [7, 11) is 0. The molecule has 0 radical (unpaired) electrons. The normalized spacial score (nSPS) is 11.8. The molecule has 0 atom stereocenters. The number of rotatable bonds is 7. The van der Waals surface area contributed by atoms with E-state index < -0.39 is 0 Å². The lowest BCUT2D eigenvalue weighted by Gasteiger charge is -2.04. The van der Waals surface area contributed by atoms with Crippen LogP contribution >= 0.6 is 0 Å². The largest absolute Gasteiger partial charge is 0.273 e. The van der Waals surface area contributed by atoms with Crippen molar-refractivity contribution in [2.75, 3.05) is 0 Å². The van der Waals surface area contributed by atoms with Gasteiger partial charge in [-0.15, -0.1) is 0 Å². The SMILES string of the molecule is C/C(=N\NC(=O)CCC(=O)N/N=C(\C)c1ccncc1)c1ccncc1. The fourth-order valence-corrected chi connectivity index (χ4v) is 1.95. The van der Waals surface area contributed by atoms with E-state index in [4.69, 9.17) is 0 Å². The summed E-state index contributed by atoms with van der Waals surface area (Å²) < 4.78 is 0. The number of amides is 2. The third-order valence-corrected chi connectivity index (χ3v) is 3.47. The maximum Gasteiger partial charge on any atom is 0.240 e. The van der Waals surface area contributed by atoms with Crippen LogP contribution in [0.4, 0.5) is 0 Å². The minimum Gasteiger partial charge on any atom is -0.273 e. The lowest BCUT2D eigenvalue weighted by molar-refractivity contribution is -0.126. The number of hydrogen-bond donors (Lipinski definition) is 2. The van der Waals surface area contributed by atoms with E-state index in [9.17, 15) is 9.59 Å². The molecule has 0 bridgehead atoms. The Bertz CT molecular complexity index is 733. The van der Waals surface area contributed by atoms with Crippen LogP contribution in [0.25, 0.3) is 0 Å². The highest BCUT2D eigenvalue weighted by molar-refractivity contribution is 6.00. The molecule has 2 heterocycles. The summed E-state index contributed by atoms with van der Waals surface area (Å²) in [5.74, 6) is -0.688. The van der Waals surface area contributed by atoms with Gasteiger partial charge in [0.15, 0.2) is 0 Å². The molecule has 8 nitrogen and oxygen atoms in total. The Morgan fingerprint density at radius 2 is 1.12 bits per heavy atom. The number of nitrogens with zero attached hydrogens (tertiary/aromatic N) is 4. The smallest absolute Gasteiger partial charge is 0.240 e. The lowest BCUT2D eigenvalue weighted by atomic mass is 10.2. The highest BCUT2D eigenvalue weighted by atomic mass is 16.2. The highest BCUT2D eigenvalue weighted by Gasteiger charge is 2.07. The van der Waals surface area contributed by atoms with Gasteiger partial charge < -0.3 is 0 Å². The maximum absolute atomic E-state index is 11.8. The van der Waals surface area contributed by atoms with E-state index in [2.05, 4.69) is 31.0 Å². The van der Waals surface area contributed by atoms with Crippen LogP contribution in [-0.2, 0) is 9.59 Å². The molecule has 2 aromatic rings. The standard InChI is InChI=1S/C18H20N6O2/c1-13(15-5-9-19-10-6-15)21-23-17(25)3-4-18(26)24-22-14(2)16-7-11-20-12-8-16/h5-12H,3-4H2,1-2H3,(H,23,25)(H,24,26)/b21-13+,22-14+. The van der Waals surface area contributed by atoms with Crippen LogP contribution in [0.5, 0.6) is 0 Å². The van der Waals surface area contributed by atoms with E-state index in [0.717, 1.165) is 11.1 Å². The first-order chi connectivity index (χ1) is 12.6. The summed E-state index contributed by atoms with van der Waals surface area (Å²) >= 11 is 0. The molecule has 0 unspecified atom stereocenters. The molecule has 0 aromatic carbocycles. The molecule has 8 heteroatoms. The Kier molecular flexibility index (Phi) is 7.11. The third kappa shape index (κ3) is 6.23. The number of carbonyl (C=O) groups is 2. The molecule has 0 aliphatic carbocycles. The summed E-state index contributed by atoms with van der Waals surface area (Å²) in [6.45, 7) is 3.55. The van der Waals surface area contributed by atoms with E-state index in [1.165, 1.54) is 0 Å². The second-order valence-corrected chi connectivity index (χ2v) is 5.44. The summed E-state index contributed by atoms with van der Waals surface area (Å²) in [6.07, 6.45) is 6.62. The second-order valence-electron chi connectivity index (χ2n) is 5.44. The molecule has 0 saturated heterocycles. The fourth-order valence-electron chi connectivity index (χ4n) is 1.95. The summed E-state index contributed by atoms with van der Waals surface area (Å²) in [6, 6.07) is 7.17. The van der Waals surface area contributed by atoms with Crippen LogP contribution < -0.4 is 10.9 Å². The van der Waals surface area contributed by atoms with Crippen LogP contribution in [0.1, 0.15) is 37.8 Å². The molecule has 0 saturated carbocycles. The molecule has 134 valence electrons. The van der Waals surface area contributed by atoms with Crippen molar-refractivity contribution in [2.45, 2.75) is 26.7 Å². The average Bonchev–Trinajstić information content (AvgIpc) is 2.69. The van der Waals surface area contributed by atoms with Crippen molar-refractivity contribution in [3.63, 3.8) is 0 Å². The molecule has 2 N–H and O–H groups in total. The van der Waals surface area contributed by atoms with E-state index >= 15 is 0 Å². The predicted octanol–water partition coefficient (Wildman–Crippen LogP) is 1.64. The van der Waals surface area contributed by atoms with Crippen molar-refractivity contribution in [1.29, 1.82) is 0 Å². The number of hydrogen-bond acceptors (Lipinski definition) is 6. The number of pyridine rings is 2. The van der Waals surface area contributed by atoms with Crippen molar-refractivity contribution in [1.82, 2.24) is 20.8 Å².